The molecule has 1 saturated heterocycles. The van der Waals surface area contributed by atoms with Crippen LogP contribution in [0.3, 0.4) is 0 Å². The molecule has 3 nitrogen and oxygen atoms in total. The van der Waals surface area contributed by atoms with Crippen LogP contribution in [0, 0.1) is 5.92 Å². The van der Waals surface area contributed by atoms with Crippen molar-refractivity contribution in [3.63, 3.8) is 0 Å². The van der Waals surface area contributed by atoms with E-state index in [9.17, 15) is 4.79 Å². The topological polar surface area (TPSA) is 32.3 Å². The van der Waals surface area contributed by atoms with Crippen molar-refractivity contribution in [3.8, 4) is 0 Å². The first-order chi connectivity index (χ1) is 9.74. The minimum Gasteiger partial charge on any atom is -0.317 e. The summed E-state index contributed by atoms with van der Waals surface area (Å²) in [5.74, 6) is 0.964. The molecule has 1 aromatic rings. The minimum atomic E-state index is 0.254. The van der Waals surface area contributed by atoms with E-state index in [1.165, 1.54) is 18.4 Å². The number of halogens is 1. The molecule has 0 saturated carbocycles. The number of benzene rings is 1. The van der Waals surface area contributed by atoms with Crippen molar-refractivity contribution in [2.24, 2.45) is 5.92 Å². The van der Waals surface area contributed by atoms with Gasteiger partial charge in [0, 0.05) is 23.7 Å². The first-order valence-electron chi connectivity index (χ1n) is 7.53. The van der Waals surface area contributed by atoms with Crippen molar-refractivity contribution in [2.45, 2.75) is 32.1 Å². The van der Waals surface area contributed by atoms with E-state index in [1.54, 1.807) is 0 Å². The molecule has 1 fully saturated rings. The summed E-state index contributed by atoms with van der Waals surface area (Å²) in [6.45, 7) is 3.00. The number of carbonyl (C=O) groups excluding carboxylic acids is 1. The fourth-order valence-corrected chi connectivity index (χ4v) is 3.41. The molecule has 0 radical (unpaired) electrons. The highest BCUT2D eigenvalue weighted by Gasteiger charge is 2.25. The predicted octanol–water partition coefficient (Wildman–Crippen LogP) is 3.01. The average Bonchev–Trinajstić information content (AvgIpc) is 2.89. The fourth-order valence-electron chi connectivity index (χ4n) is 3.24. The fraction of sp³-hybridized carbons (Fsp3) is 0.562. The van der Waals surface area contributed by atoms with Gasteiger partial charge in [0.2, 0.25) is 5.91 Å². The monoisotopic (exact) mass is 292 g/mol. The van der Waals surface area contributed by atoms with Gasteiger partial charge < -0.3 is 10.2 Å². The lowest BCUT2D eigenvalue weighted by molar-refractivity contribution is -0.118. The first kappa shape index (κ1) is 13.9. The maximum atomic E-state index is 12.4. The molecule has 3 rings (SSSR count). The Morgan fingerprint density at radius 2 is 2.15 bits per heavy atom. The molecule has 1 N–H and O–H groups in total. The lowest BCUT2D eigenvalue weighted by Gasteiger charge is -2.23. The number of hydrogen-bond acceptors (Lipinski definition) is 2. The third-order valence-electron chi connectivity index (χ3n) is 4.47. The van der Waals surface area contributed by atoms with Gasteiger partial charge in [0.05, 0.1) is 0 Å². The molecule has 2 heterocycles. The third kappa shape index (κ3) is 2.99. The molecule has 1 aromatic carbocycles. The summed E-state index contributed by atoms with van der Waals surface area (Å²) < 4.78 is 0. The highest BCUT2D eigenvalue weighted by Crippen LogP contribution is 2.31. The molecule has 0 aliphatic carbocycles. The molecule has 0 spiro atoms. The quantitative estimate of drug-likeness (QED) is 0.929. The Morgan fingerprint density at radius 1 is 1.35 bits per heavy atom. The zero-order valence-corrected chi connectivity index (χ0v) is 12.5. The van der Waals surface area contributed by atoms with Gasteiger partial charge in [0.1, 0.15) is 0 Å². The van der Waals surface area contributed by atoms with Gasteiger partial charge >= 0.3 is 0 Å². The number of carbonyl (C=O) groups is 1. The molecule has 0 aromatic heterocycles. The second kappa shape index (κ2) is 6.15. The van der Waals surface area contributed by atoms with Crippen LogP contribution < -0.4 is 10.2 Å². The van der Waals surface area contributed by atoms with Gasteiger partial charge in [-0.05, 0) is 62.4 Å². The zero-order chi connectivity index (χ0) is 13.9. The molecule has 0 bridgehead atoms. The third-order valence-corrected chi connectivity index (χ3v) is 4.70. The van der Waals surface area contributed by atoms with E-state index in [-0.39, 0.29) is 5.91 Å². The Bertz CT molecular complexity index is 497. The molecular formula is C16H21ClN2O. The van der Waals surface area contributed by atoms with E-state index in [1.807, 2.05) is 23.1 Å². The zero-order valence-electron chi connectivity index (χ0n) is 11.7. The van der Waals surface area contributed by atoms with Gasteiger partial charge in [-0.2, -0.15) is 0 Å². The minimum absolute atomic E-state index is 0.254. The van der Waals surface area contributed by atoms with Crippen LogP contribution in [0.15, 0.2) is 18.2 Å². The molecule has 20 heavy (non-hydrogen) atoms. The maximum Gasteiger partial charge on any atom is 0.227 e. The predicted molar refractivity (Wildman–Crippen MR) is 82.3 cm³/mol. The van der Waals surface area contributed by atoms with Crippen LogP contribution in [0.5, 0.6) is 0 Å². The number of anilines is 1. The molecule has 2 aliphatic rings. The molecular weight excluding hydrogens is 272 g/mol. The maximum absolute atomic E-state index is 12.4. The number of fused-ring (bicyclic) bond motifs is 1. The van der Waals surface area contributed by atoms with E-state index in [0.29, 0.717) is 17.4 Å². The van der Waals surface area contributed by atoms with Crippen molar-refractivity contribution in [1.82, 2.24) is 5.32 Å². The number of hydrogen-bond donors (Lipinski definition) is 1. The first-order valence-corrected chi connectivity index (χ1v) is 7.91. The molecule has 4 heteroatoms. The van der Waals surface area contributed by atoms with Crippen molar-refractivity contribution in [2.75, 3.05) is 24.5 Å². The van der Waals surface area contributed by atoms with Crippen molar-refractivity contribution in [1.29, 1.82) is 0 Å². The van der Waals surface area contributed by atoms with Crippen LogP contribution in [0.4, 0.5) is 5.69 Å². The smallest absolute Gasteiger partial charge is 0.227 e. The average molecular weight is 293 g/mol. The van der Waals surface area contributed by atoms with E-state index in [0.717, 1.165) is 38.2 Å². The summed E-state index contributed by atoms with van der Waals surface area (Å²) in [7, 11) is 0. The summed E-state index contributed by atoms with van der Waals surface area (Å²) in [5, 5.41) is 4.08. The molecule has 2 aliphatic heterocycles. The number of nitrogens with one attached hydrogen (secondary N) is 1. The van der Waals surface area contributed by atoms with Gasteiger partial charge in [0.25, 0.3) is 0 Å². The summed E-state index contributed by atoms with van der Waals surface area (Å²) >= 11 is 6.05. The van der Waals surface area contributed by atoms with Crippen LogP contribution in [-0.4, -0.2) is 25.5 Å². The molecule has 1 amide bonds. The molecule has 108 valence electrons. The van der Waals surface area contributed by atoms with Crippen molar-refractivity contribution in [3.05, 3.63) is 28.8 Å². The number of rotatable bonds is 3. The number of nitrogens with zero attached hydrogens (tertiary/aromatic N) is 1. The van der Waals surface area contributed by atoms with Gasteiger partial charge in [0.15, 0.2) is 0 Å². The Balaban J connectivity index is 1.60. The normalized spacial score (nSPS) is 19.1. The standard InChI is InChI=1S/C16H21ClN2O/c17-14-3-2-13-7-10-19(15(13)11-14)16(20)4-1-12-5-8-18-9-6-12/h2-3,11-12,18H,1,4-10H2. The van der Waals surface area contributed by atoms with Gasteiger partial charge in [-0.15, -0.1) is 0 Å². The Labute approximate surface area is 125 Å². The molecule has 0 atom stereocenters. The van der Waals surface area contributed by atoms with Crippen LogP contribution in [0.1, 0.15) is 31.2 Å². The van der Waals surface area contributed by atoms with Gasteiger partial charge in [-0.25, -0.2) is 0 Å². The lowest BCUT2D eigenvalue weighted by Crippen LogP contribution is -2.31. The van der Waals surface area contributed by atoms with Crippen LogP contribution >= 0.6 is 11.6 Å². The summed E-state index contributed by atoms with van der Waals surface area (Å²) in [6, 6.07) is 5.87. The Morgan fingerprint density at radius 3 is 2.95 bits per heavy atom. The van der Waals surface area contributed by atoms with E-state index >= 15 is 0 Å². The lowest BCUT2D eigenvalue weighted by atomic mass is 9.93. The molecule has 0 unspecified atom stereocenters. The number of amides is 1. The Kier molecular flexibility index (Phi) is 4.27. The van der Waals surface area contributed by atoms with Crippen molar-refractivity contribution >= 4 is 23.2 Å². The number of piperidine rings is 1. The van der Waals surface area contributed by atoms with Gasteiger partial charge in [-0.1, -0.05) is 17.7 Å². The van der Waals surface area contributed by atoms with E-state index in [2.05, 4.69) is 5.32 Å². The van der Waals surface area contributed by atoms with Crippen molar-refractivity contribution < 1.29 is 4.79 Å². The summed E-state index contributed by atoms with van der Waals surface area (Å²) in [5.41, 5.74) is 2.26. The van der Waals surface area contributed by atoms with Gasteiger partial charge in [-0.3, -0.25) is 4.79 Å². The highest BCUT2D eigenvalue weighted by molar-refractivity contribution is 6.31. The summed E-state index contributed by atoms with van der Waals surface area (Å²) in [6.07, 6.45) is 5.04. The SMILES string of the molecule is O=C(CCC1CCNCC1)N1CCc2ccc(Cl)cc21. The van der Waals surface area contributed by atoms with E-state index < -0.39 is 0 Å². The Hall–Kier alpha value is -1.06. The second-order valence-electron chi connectivity index (χ2n) is 5.80. The highest BCUT2D eigenvalue weighted by atomic mass is 35.5. The van der Waals surface area contributed by atoms with Crippen LogP contribution in [0.25, 0.3) is 0 Å². The second-order valence-corrected chi connectivity index (χ2v) is 6.24. The van der Waals surface area contributed by atoms with Crippen LogP contribution in [-0.2, 0) is 11.2 Å². The van der Waals surface area contributed by atoms with E-state index in [4.69, 9.17) is 11.6 Å². The van der Waals surface area contributed by atoms with Crippen LogP contribution in [0.2, 0.25) is 5.02 Å². The summed E-state index contributed by atoms with van der Waals surface area (Å²) in [4.78, 5) is 14.3. The largest absolute Gasteiger partial charge is 0.317 e.